The van der Waals surface area contributed by atoms with Crippen molar-refractivity contribution in [3.8, 4) is 5.75 Å². The Hall–Kier alpha value is -1.35. The van der Waals surface area contributed by atoms with Gasteiger partial charge in [0.25, 0.3) is 0 Å². The zero-order chi connectivity index (χ0) is 9.84. The van der Waals surface area contributed by atoms with E-state index in [0.29, 0.717) is 5.75 Å². The summed E-state index contributed by atoms with van der Waals surface area (Å²) in [7, 11) is 0. The van der Waals surface area contributed by atoms with Crippen molar-refractivity contribution >= 4 is 5.97 Å². The Labute approximate surface area is 77.5 Å². The number of hydrogen-bond donors (Lipinski definition) is 1. The summed E-state index contributed by atoms with van der Waals surface area (Å²) in [5, 5.41) is 0. The van der Waals surface area contributed by atoms with E-state index in [9.17, 15) is 4.79 Å². The molecule has 0 aromatic heterocycles. The maximum absolute atomic E-state index is 10.7. The van der Waals surface area contributed by atoms with Gasteiger partial charge < -0.3 is 10.5 Å². The van der Waals surface area contributed by atoms with Crippen molar-refractivity contribution in [2.24, 2.45) is 5.73 Å². The van der Waals surface area contributed by atoms with Crippen molar-refractivity contribution in [2.45, 2.75) is 19.9 Å². The van der Waals surface area contributed by atoms with Crippen LogP contribution in [0.5, 0.6) is 5.75 Å². The lowest BCUT2D eigenvalue weighted by Crippen LogP contribution is -2.10. The first kappa shape index (κ1) is 9.74. The van der Waals surface area contributed by atoms with Crippen LogP contribution in [-0.4, -0.2) is 5.97 Å². The Morgan fingerprint density at radius 2 is 2.08 bits per heavy atom. The third kappa shape index (κ3) is 2.56. The van der Waals surface area contributed by atoms with Gasteiger partial charge in [0.15, 0.2) is 0 Å². The van der Waals surface area contributed by atoms with Gasteiger partial charge in [-0.1, -0.05) is 18.2 Å². The molecule has 0 spiro atoms. The Balaban J connectivity index is 2.97. The summed E-state index contributed by atoms with van der Waals surface area (Å²) >= 11 is 0. The van der Waals surface area contributed by atoms with Gasteiger partial charge in [-0.3, -0.25) is 4.79 Å². The fourth-order valence-electron chi connectivity index (χ4n) is 1.10. The molecule has 1 aromatic rings. The first-order chi connectivity index (χ1) is 6.11. The summed E-state index contributed by atoms with van der Waals surface area (Å²) in [5.74, 6) is 0.220. The van der Waals surface area contributed by atoms with E-state index in [1.807, 2.05) is 25.1 Å². The SMILES string of the molecule is CC(=O)Oc1ccccc1[C@@H](C)N. The highest BCUT2D eigenvalue weighted by Gasteiger charge is 2.08. The Morgan fingerprint density at radius 3 is 2.62 bits per heavy atom. The summed E-state index contributed by atoms with van der Waals surface area (Å²) < 4.78 is 4.99. The van der Waals surface area contributed by atoms with Crippen molar-refractivity contribution in [3.05, 3.63) is 29.8 Å². The van der Waals surface area contributed by atoms with E-state index in [1.54, 1.807) is 6.07 Å². The van der Waals surface area contributed by atoms with Gasteiger partial charge in [-0.25, -0.2) is 0 Å². The molecule has 0 saturated heterocycles. The second-order valence-electron chi connectivity index (χ2n) is 2.92. The molecule has 0 bridgehead atoms. The number of rotatable bonds is 2. The predicted octanol–water partition coefficient (Wildman–Crippen LogP) is 1.63. The van der Waals surface area contributed by atoms with E-state index in [0.717, 1.165) is 5.56 Å². The first-order valence-electron chi connectivity index (χ1n) is 4.14. The maximum Gasteiger partial charge on any atom is 0.308 e. The van der Waals surface area contributed by atoms with Crippen molar-refractivity contribution < 1.29 is 9.53 Å². The van der Waals surface area contributed by atoms with E-state index in [1.165, 1.54) is 6.92 Å². The number of carbonyl (C=O) groups excluding carboxylic acids is 1. The molecule has 1 aromatic carbocycles. The molecule has 70 valence electrons. The minimum absolute atomic E-state index is 0.129. The smallest absolute Gasteiger partial charge is 0.308 e. The average Bonchev–Trinajstić information content (AvgIpc) is 2.03. The lowest BCUT2D eigenvalue weighted by Gasteiger charge is -2.10. The van der Waals surface area contributed by atoms with Crippen LogP contribution in [0, 0.1) is 0 Å². The molecule has 0 unspecified atom stereocenters. The Kier molecular flexibility index (Phi) is 3.03. The molecule has 0 aliphatic carbocycles. The largest absolute Gasteiger partial charge is 0.426 e. The molecule has 1 rings (SSSR count). The molecular weight excluding hydrogens is 166 g/mol. The lowest BCUT2D eigenvalue weighted by atomic mass is 10.1. The highest BCUT2D eigenvalue weighted by molar-refractivity contribution is 5.69. The van der Waals surface area contributed by atoms with E-state index in [4.69, 9.17) is 10.5 Å². The van der Waals surface area contributed by atoms with Crippen LogP contribution in [0.1, 0.15) is 25.5 Å². The average molecular weight is 179 g/mol. The van der Waals surface area contributed by atoms with Gasteiger partial charge in [0.1, 0.15) is 5.75 Å². The molecule has 2 N–H and O–H groups in total. The second kappa shape index (κ2) is 4.05. The molecule has 1 atom stereocenters. The van der Waals surface area contributed by atoms with Gasteiger partial charge in [-0.05, 0) is 13.0 Å². The van der Waals surface area contributed by atoms with Crippen LogP contribution in [0.25, 0.3) is 0 Å². The molecule has 0 fully saturated rings. The summed E-state index contributed by atoms with van der Waals surface area (Å²) in [5.41, 5.74) is 6.54. The van der Waals surface area contributed by atoms with Gasteiger partial charge in [-0.15, -0.1) is 0 Å². The number of ether oxygens (including phenoxy) is 1. The van der Waals surface area contributed by atoms with Gasteiger partial charge in [-0.2, -0.15) is 0 Å². The van der Waals surface area contributed by atoms with Crippen molar-refractivity contribution in [1.82, 2.24) is 0 Å². The topological polar surface area (TPSA) is 52.3 Å². The van der Waals surface area contributed by atoms with Gasteiger partial charge in [0.05, 0.1) is 0 Å². The zero-order valence-electron chi connectivity index (χ0n) is 7.78. The summed E-state index contributed by atoms with van der Waals surface area (Å²) in [6.07, 6.45) is 0. The minimum Gasteiger partial charge on any atom is -0.426 e. The van der Waals surface area contributed by atoms with Crippen LogP contribution in [0.3, 0.4) is 0 Å². The number of hydrogen-bond acceptors (Lipinski definition) is 3. The fourth-order valence-corrected chi connectivity index (χ4v) is 1.10. The highest BCUT2D eigenvalue weighted by Crippen LogP contribution is 2.22. The normalized spacial score (nSPS) is 12.2. The highest BCUT2D eigenvalue weighted by atomic mass is 16.5. The molecule has 0 radical (unpaired) electrons. The lowest BCUT2D eigenvalue weighted by molar-refractivity contribution is -0.131. The van der Waals surface area contributed by atoms with Crippen molar-refractivity contribution in [1.29, 1.82) is 0 Å². The standard InChI is InChI=1S/C10H13NO2/c1-7(11)9-5-3-4-6-10(9)13-8(2)12/h3-7H,11H2,1-2H3/t7-/m1/s1. The summed E-state index contributed by atoms with van der Waals surface area (Å²) in [6.45, 7) is 3.22. The third-order valence-electron chi connectivity index (χ3n) is 1.66. The summed E-state index contributed by atoms with van der Waals surface area (Å²) in [6, 6.07) is 7.13. The van der Waals surface area contributed by atoms with Crippen LogP contribution >= 0.6 is 0 Å². The van der Waals surface area contributed by atoms with E-state index in [-0.39, 0.29) is 12.0 Å². The predicted molar refractivity (Wildman–Crippen MR) is 50.4 cm³/mol. The van der Waals surface area contributed by atoms with Crippen LogP contribution in [0.15, 0.2) is 24.3 Å². The number of para-hydroxylation sites is 1. The number of benzene rings is 1. The van der Waals surface area contributed by atoms with Crippen LogP contribution < -0.4 is 10.5 Å². The molecular formula is C10H13NO2. The van der Waals surface area contributed by atoms with Gasteiger partial charge in [0, 0.05) is 18.5 Å². The number of carbonyl (C=O) groups is 1. The quantitative estimate of drug-likeness (QED) is 0.554. The molecule has 0 heterocycles. The van der Waals surface area contributed by atoms with Crippen LogP contribution in [-0.2, 0) is 4.79 Å². The van der Waals surface area contributed by atoms with Crippen LogP contribution in [0.2, 0.25) is 0 Å². The Bertz CT molecular complexity index is 308. The molecule has 0 aliphatic heterocycles. The maximum atomic E-state index is 10.7. The summed E-state index contributed by atoms with van der Waals surface area (Å²) in [4.78, 5) is 10.7. The molecule has 13 heavy (non-hydrogen) atoms. The molecule has 0 saturated carbocycles. The number of nitrogens with two attached hydrogens (primary N) is 1. The van der Waals surface area contributed by atoms with Crippen molar-refractivity contribution in [3.63, 3.8) is 0 Å². The van der Waals surface area contributed by atoms with Gasteiger partial charge in [0.2, 0.25) is 0 Å². The third-order valence-corrected chi connectivity index (χ3v) is 1.66. The second-order valence-corrected chi connectivity index (χ2v) is 2.92. The zero-order valence-corrected chi connectivity index (χ0v) is 7.78. The van der Waals surface area contributed by atoms with E-state index in [2.05, 4.69) is 0 Å². The Morgan fingerprint density at radius 1 is 1.46 bits per heavy atom. The molecule has 3 heteroatoms. The number of esters is 1. The molecule has 0 amide bonds. The van der Waals surface area contributed by atoms with E-state index >= 15 is 0 Å². The molecule has 0 aliphatic rings. The minimum atomic E-state index is -0.326. The van der Waals surface area contributed by atoms with Crippen LogP contribution in [0.4, 0.5) is 0 Å². The monoisotopic (exact) mass is 179 g/mol. The first-order valence-corrected chi connectivity index (χ1v) is 4.14. The fraction of sp³-hybridized carbons (Fsp3) is 0.300. The van der Waals surface area contributed by atoms with Gasteiger partial charge >= 0.3 is 5.97 Å². The molecule has 3 nitrogen and oxygen atoms in total. The van der Waals surface area contributed by atoms with Crippen molar-refractivity contribution in [2.75, 3.05) is 0 Å². The van der Waals surface area contributed by atoms with E-state index < -0.39 is 0 Å².